The molecule has 5 nitrogen and oxygen atoms in total. The molecule has 0 spiro atoms. The second kappa shape index (κ2) is 5.41. The maximum atomic E-state index is 13.9. The maximum absolute atomic E-state index is 13.9. The van der Waals surface area contributed by atoms with Gasteiger partial charge < -0.3 is 17.2 Å². The molecule has 0 saturated heterocycles. The molecule has 0 bridgehead atoms. The molecule has 0 saturated carbocycles. The normalized spacial score (nSPS) is 12.4. The van der Waals surface area contributed by atoms with E-state index in [1.165, 1.54) is 12.1 Å². The minimum Gasteiger partial charge on any atom is -0.383 e. The van der Waals surface area contributed by atoms with Gasteiger partial charge in [-0.1, -0.05) is 6.07 Å². The van der Waals surface area contributed by atoms with Crippen molar-refractivity contribution in [3.8, 4) is 0 Å². The van der Waals surface area contributed by atoms with Gasteiger partial charge in [-0.2, -0.15) is 0 Å². The molecule has 0 aliphatic rings. The predicted octanol–water partition coefficient (Wildman–Crippen LogP) is 1.95. The number of anilines is 2. The topological polar surface area (TPSA) is 104 Å². The highest BCUT2D eigenvalue weighted by Crippen LogP contribution is 2.29. The smallest absolute Gasteiger partial charge is 0.196 e. The van der Waals surface area contributed by atoms with Crippen LogP contribution in [0.3, 0.4) is 0 Å². The third-order valence-electron chi connectivity index (χ3n) is 2.43. The molecule has 0 radical (unpaired) electrons. The summed E-state index contributed by atoms with van der Waals surface area (Å²) in [4.78, 5) is 8.37. The van der Waals surface area contributed by atoms with Gasteiger partial charge in [0.25, 0.3) is 0 Å². The summed E-state index contributed by atoms with van der Waals surface area (Å²) >= 11 is 1.06. The van der Waals surface area contributed by atoms with Gasteiger partial charge in [0.05, 0.1) is 4.90 Å². The summed E-state index contributed by atoms with van der Waals surface area (Å²) < 4.78 is 13.9. The van der Waals surface area contributed by atoms with Crippen molar-refractivity contribution in [2.75, 3.05) is 11.5 Å². The molecule has 1 aromatic carbocycles. The summed E-state index contributed by atoms with van der Waals surface area (Å²) in [5.74, 6) is 0.134. The second-order valence-electron chi connectivity index (χ2n) is 4.08. The van der Waals surface area contributed by atoms with E-state index in [1.807, 2.05) is 0 Å². The van der Waals surface area contributed by atoms with Gasteiger partial charge in [0.2, 0.25) is 0 Å². The van der Waals surface area contributed by atoms with Crippen molar-refractivity contribution in [2.24, 2.45) is 5.73 Å². The van der Waals surface area contributed by atoms with Crippen molar-refractivity contribution in [1.29, 1.82) is 0 Å². The molecule has 1 atom stereocenters. The van der Waals surface area contributed by atoms with Crippen molar-refractivity contribution < 1.29 is 4.39 Å². The van der Waals surface area contributed by atoms with Gasteiger partial charge in [-0.05, 0) is 36.4 Å². The number of hydrogen-bond donors (Lipinski definition) is 3. The first kappa shape index (κ1) is 13.6. The Hall–Kier alpha value is -1.86. The lowest BCUT2D eigenvalue weighted by Gasteiger charge is -2.08. The Bertz CT molecular complexity index is 582. The highest BCUT2D eigenvalue weighted by atomic mass is 32.2. The van der Waals surface area contributed by atoms with Gasteiger partial charge in [0.1, 0.15) is 17.5 Å². The van der Waals surface area contributed by atoms with Crippen molar-refractivity contribution in [3.05, 3.63) is 35.6 Å². The minimum absolute atomic E-state index is 0.215. The predicted molar refractivity (Wildman–Crippen MR) is 74.0 cm³/mol. The highest BCUT2D eigenvalue weighted by molar-refractivity contribution is 7.99. The van der Waals surface area contributed by atoms with E-state index in [4.69, 9.17) is 17.2 Å². The van der Waals surface area contributed by atoms with E-state index in [9.17, 15) is 4.39 Å². The Morgan fingerprint density at radius 1 is 1.16 bits per heavy atom. The lowest BCUT2D eigenvalue weighted by atomic mass is 10.1. The Morgan fingerprint density at radius 2 is 1.79 bits per heavy atom. The molecule has 2 aromatic rings. The third kappa shape index (κ3) is 3.33. The molecule has 7 heteroatoms. The summed E-state index contributed by atoms with van der Waals surface area (Å²) in [7, 11) is 0. The van der Waals surface area contributed by atoms with Crippen LogP contribution in [-0.4, -0.2) is 9.97 Å². The Morgan fingerprint density at radius 3 is 2.32 bits per heavy atom. The maximum Gasteiger partial charge on any atom is 0.196 e. The van der Waals surface area contributed by atoms with E-state index in [0.29, 0.717) is 10.1 Å². The summed E-state index contributed by atoms with van der Waals surface area (Å²) in [6.07, 6.45) is 0. The van der Waals surface area contributed by atoms with Crippen LogP contribution in [0, 0.1) is 5.82 Å². The average Bonchev–Trinajstić information content (AvgIpc) is 2.30. The second-order valence-corrected chi connectivity index (χ2v) is 5.09. The molecule has 0 unspecified atom stereocenters. The first-order valence-corrected chi connectivity index (χ1v) is 6.40. The molecule has 1 heterocycles. The van der Waals surface area contributed by atoms with Crippen LogP contribution in [0.4, 0.5) is 16.0 Å². The van der Waals surface area contributed by atoms with E-state index < -0.39 is 0 Å². The largest absolute Gasteiger partial charge is 0.383 e. The first-order valence-electron chi connectivity index (χ1n) is 5.58. The van der Waals surface area contributed by atoms with Crippen LogP contribution < -0.4 is 17.2 Å². The summed E-state index contributed by atoms with van der Waals surface area (Å²) in [6.45, 7) is 1.79. The van der Waals surface area contributed by atoms with Crippen LogP contribution in [0.5, 0.6) is 0 Å². The molecular weight excluding hydrogens is 265 g/mol. The molecule has 1 aromatic heterocycles. The van der Waals surface area contributed by atoms with E-state index in [2.05, 4.69) is 9.97 Å². The fourth-order valence-electron chi connectivity index (χ4n) is 1.49. The van der Waals surface area contributed by atoms with Gasteiger partial charge >= 0.3 is 0 Å². The monoisotopic (exact) mass is 279 g/mol. The molecular formula is C12H14FN5S. The molecule has 100 valence electrons. The van der Waals surface area contributed by atoms with Gasteiger partial charge in [0.15, 0.2) is 5.16 Å². The molecule has 0 amide bonds. The Labute approximate surface area is 114 Å². The summed E-state index contributed by atoms with van der Waals surface area (Å²) in [6, 6.07) is 6.04. The number of hydrogen-bond acceptors (Lipinski definition) is 6. The quantitative estimate of drug-likeness (QED) is 0.742. The SMILES string of the molecule is C[C@H](N)c1ccc(Sc2nc(N)cc(N)n2)c(F)c1. The molecule has 0 fully saturated rings. The lowest BCUT2D eigenvalue weighted by Crippen LogP contribution is -2.05. The van der Waals surface area contributed by atoms with Gasteiger partial charge in [0, 0.05) is 12.1 Å². The van der Waals surface area contributed by atoms with Crippen LogP contribution in [-0.2, 0) is 0 Å². The van der Waals surface area contributed by atoms with E-state index >= 15 is 0 Å². The van der Waals surface area contributed by atoms with Crippen molar-refractivity contribution in [3.63, 3.8) is 0 Å². The molecule has 6 N–H and O–H groups in total. The lowest BCUT2D eigenvalue weighted by molar-refractivity contribution is 0.596. The Kier molecular flexibility index (Phi) is 3.87. The van der Waals surface area contributed by atoms with Gasteiger partial charge in [-0.25, -0.2) is 14.4 Å². The fraction of sp³-hybridized carbons (Fsp3) is 0.167. The average molecular weight is 279 g/mol. The number of benzene rings is 1. The Balaban J connectivity index is 2.28. The number of nitrogen functional groups attached to an aromatic ring is 2. The zero-order valence-corrected chi connectivity index (χ0v) is 11.1. The van der Waals surface area contributed by atoms with Gasteiger partial charge in [-0.15, -0.1) is 0 Å². The number of rotatable bonds is 3. The standard InChI is InChI=1S/C12H14FN5S/c1-6(14)7-2-3-9(8(13)4-7)19-12-17-10(15)5-11(16)18-12/h2-6H,14H2,1H3,(H4,15,16,17,18)/t6-/m0/s1. The fourth-order valence-corrected chi connectivity index (χ4v) is 2.28. The van der Waals surface area contributed by atoms with Crippen LogP contribution in [0.1, 0.15) is 18.5 Å². The summed E-state index contributed by atoms with van der Waals surface area (Å²) in [5, 5.41) is 0.310. The highest BCUT2D eigenvalue weighted by Gasteiger charge is 2.10. The zero-order chi connectivity index (χ0) is 14.0. The summed E-state index contributed by atoms with van der Waals surface area (Å²) in [5.41, 5.74) is 17.5. The van der Waals surface area contributed by atoms with E-state index in [1.54, 1.807) is 19.1 Å². The van der Waals surface area contributed by atoms with Crippen LogP contribution in [0.15, 0.2) is 34.3 Å². The molecule has 0 aliphatic heterocycles. The third-order valence-corrected chi connectivity index (χ3v) is 3.34. The molecule has 0 aliphatic carbocycles. The number of halogens is 1. The van der Waals surface area contributed by atoms with Crippen LogP contribution in [0.25, 0.3) is 0 Å². The number of aromatic nitrogens is 2. The molecule has 2 rings (SSSR count). The van der Waals surface area contributed by atoms with Crippen LogP contribution in [0.2, 0.25) is 0 Å². The number of nitrogens with two attached hydrogens (primary N) is 3. The van der Waals surface area contributed by atoms with Crippen molar-refractivity contribution >= 4 is 23.4 Å². The van der Waals surface area contributed by atoms with E-state index in [-0.39, 0.29) is 23.5 Å². The zero-order valence-electron chi connectivity index (χ0n) is 10.3. The molecule has 19 heavy (non-hydrogen) atoms. The number of nitrogens with zero attached hydrogens (tertiary/aromatic N) is 2. The van der Waals surface area contributed by atoms with E-state index in [0.717, 1.165) is 17.3 Å². The first-order chi connectivity index (χ1) is 8.95. The van der Waals surface area contributed by atoms with Crippen LogP contribution >= 0.6 is 11.8 Å². The minimum atomic E-state index is -0.371. The van der Waals surface area contributed by atoms with Crippen molar-refractivity contribution in [2.45, 2.75) is 23.0 Å². The van der Waals surface area contributed by atoms with Crippen molar-refractivity contribution in [1.82, 2.24) is 9.97 Å². The van der Waals surface area contributed by atoms with Gasteiger partial charge in [-0.3, -0.25) is 0 Å².